The van der Waals surface area contributed by atoms with Crippen molar-refractivity contribution in [3.63, 3.8) is 0 Å². The molecule has 4 rings (SSSR count). The van der Waals surface area contributed by atoms with Crippen molar-refractivity contribution in [2.45, 2.75) is 31.5 Å². The number of unbranched alkanes of at least 4 members (excludes halogenated alkanes) is 1. The molecule has 31 heavy (non-hydrogen) atoms. The molecule has 1 aromatic heterocycles. The third-order valence-corrected chi connectivity index (χ3v) is 5.26. The molecule has 1 aliphatic heterocycles. The van der Waals surface area contributed by atoms with Crippen molar-refractivity contribution >= 4 is 28.3 Å². The van der Waals surface area contributed by atoms with E-state index in [2.05, 4.69) is 5.32 Å². The highest BCUT2D eigenvalue weighted by Gasteiger charge is 2.30. The van der Waals surface area contributed by atoms with E-state index in [1.54, 1.807) is 36.6 Å². The van der Waals surface area contributed by atoms with Gasteiger partial charge in [-0.25, -0.2) is 0 Å². The summed E-state index contributed by atoms with van der Waals surface area (Å²) in [5.41, 5.74) is 8.72. The zero-order valence-electron chi connectivity index (χ0n) is 17.1. The molecule has 162 valence electrons. The zero-order valence-corrected chi connectivity index (χ0v) is 17.1. The van der Waals surface area contributed by atoms with Gasteiger partial charge in [0.25, 0.3) is 5.91 Å². The summed E-state index contributed by atoms with van der Waals surface area (Å²) in [5, 5.41) is 12.8. The van der Waals surface area contributed by atoms with Gasteiger partial charge in [-0.1, -0.05) is 30.3 Å². The molecule has 2 atom stereocenters. The van der Waals surface area contributed by atoms with Crippen LogP contribution in [-0.2, 0) is 14.3 Å². The zero-order chi connectivity index (χ0) is 21.6. The number of ether oxygens (including phenoxy) is 2. The van der Waals surface area contributed by atoms with Crippen LogP contribution in [0.2, 0.25) is 0 Å². The van der Waals surface area contributed by atoms with Crippen LogP contribution in [0.3, 0.4) is 0 Å². The summed E-state index contributed by atoms with van der Waals surface area (Å²) in [6.07, 6.45) is 4.86. The highest BCUT2D eigenvalue weighted by Crippen LogP contribution is 2.36. The lowest BCUT2D eigenvalue weighted by Gasteiger charge is -2.29. The molecule has 2 aromatic carbocycles. The summed E-state index contributed by atoms with van der Waals surface area (Å²) in [6, 6.07) is 14.9. The molecule has 0 bridgehead atoms. The second-order valence-electron chi connectivity index (χ2n) is 7.45. The lowest BCUT2D eigenvalue weighted by Crippen LogP contribution is -2.29. The van der Waals surface area contributed by atoms with Gasteiger partial charge in [0.1, 0.15) is 5.58 Å². The first-order valence-corrected chi connectivity index (χ1v) is 10.4. The van der Waals surface area contributed by atoms with Gasteiger partial charge in [0.2, 0.25) is 6.29 Å². The van der Waals surface area contributed by atoms with Gasteiger partial charge >= 0.3 is 0 Å². The number of para-hydroxylation sites is 3. The van der Waals surface area contributed by atoms with Crippen molar-refractivity contribution in [1.82, 2.24) is 0 Å². The van der Waals surface area contributed by atoms with Gasteiger partial charge in [-0.2, -0.15) is 0 Å². The molecule has 0 spiro atoms. The van der Waals surface area contributed by atoms with Crippen molar-refractivity contribution in [3.8, 4) is 0 Å². The van der Waals surface area contributed by atoms with Crippen LogP contribution in [-0.4, -0.2) is 30.5 Å². The van der Waals surface area contributed by atoms with Gasteiger partial charge in [-0.3, -0.25) is 4.79 Å². The second kappa shape index (κ2) is 9.68. The Bertz CT molecular complexity index is 1070. The molecule has 0 unspecified atom stereocenters. The normalized spacial score (nSPS) is 18.4. The number of anilines is 2. The predicted molar refractivity (Wildman–Crippen MR) is 118 cm³/mol. The third kappa shape index (κ3) is 4.90. The van der Waals surface area contributed by atoms with Gasteiger partial charge in [0, 0.05) is 29.9 Å². The van der Waals surface area contributed by atoms with Gasteiger partial charge in [0.05, 0.1) is 24.2 Å². The third-order valence-electron chi connectivity index (χ3n) is 5.26. The number of aliphatic hydroxyl groups excluding tert-OH is 1. The molecular formula is C24H26N2O5. The van der Waals surface area contributed by atoms with Crippen LogP contribution in [0.4, 0.5) is 11.4 Å². The first-order valence-electron chi connectivity index (χ1n) is 10.4. The predicted octanol–water partition coefficient (Wildman–Crippen LogP) is 4.16. The number of carbonyl (C=O) groups is 1. The van der Waals surface area contributed by atoms with E-state index in [4.69, 9.17) is 24.7 Å². The molecule has 4 N–H and O–H groups in total. The van der Waals surface area contributed by atoms with Crippen LogP contribution in [0.1, 0.15) is 30.7 Å². The Hall–Kier alpha value is -3.29. The Balaban J connectivity index is 1.58. The lowest BCUT2D eigenvalue weighted by atomic mass is 9.92. The Labute approximate surface area is 180 Å². The molecule has 0 radical (unpaired) electrons. The van der Waals surface area contributed by atoms with Crippen LogP contribution in [0, 0.1) is 0 Å². The fourth-order valence-electron chi connectivity index (χ4n) is 3.64. The maximum absolute atomic E-state index is 12.9. The summed E-state index contributed by atoms with van der Waals surface area (Å²) in [6.45, 7) is 0.551. The van der Waals surface area contributed by atoms with E-state index in [1.807, 2.05) is 24.3 Å². The number of hydrogen-bond donors (Lipinski definition) is 3. The number of aliphatic hydroxyl groups is 1. The molecule has 1 aliphatic rings. The Morgan fingerprint density at radius 3 is 2.81 bits per heavy atom. The summed E-state index contributed by atoms with van der Waals surface area (Å²) in [4.78, 5) is 12.9. The minimum atomic E-state index is -0.587. The second-order valence-corrected chi connectivity index (χ2v) is 7.45. The molecule has 3 aromatic rings. The number of hydrogen-bond acceptors (Lipinski definition) is 6. The van der Waals surface area contributed by atoms with Crippen molar-refractivity contribution in [2.24, 2.45) is 0 Å². The summed E-state index contributed by atoms with van der Waals surface area (Å²) < 4.78 is 17.4. The molecule has 7 heteroatoms. The van der Waals surface area contributed by atoms with Crippen molar-refractivity contribution < 1.29 is 23.8 Å². The van der Waals surface area contributed by atoms with Crippen LogP contribution >= 0.6 is 0 Å². The molecule has 0 aliphatic carbocycles. The number of nitrogens with one attached hydrogen (secondary N) is 1. The molecule has 0 fully saturated rings. The highest BCUT2D eigenvalue weighted by molar-refractivity contribution is 6.04. The summed E-state index contributed by atoms with van der Waals surface area (Å²) >= 11 is 0. The van der Waals surface area contributed by atoms with E-state index in [0.717, 1.165) is 16.5 Å². The van der Waals surface area contributed by atoms with E-state index < -0.39 is 6.29 Å². The molecule has 7 nitrogen and oxygen atoms in total. The van der Waals surface area contributed by atoms with Crippen molar-refractivity contribution in [1.29, 1.82) is 0 Å². The number of furan rings is 1. The number of nitrogen functional groups attached to an aromatic ring is 1. The van der Waals surface area contributed by atoms with Crippen LogP contribution < -0.4 is 11.1 Å². The molecule has 0 saturated carbocycles. The first kappa shape index (κ1) is 21.0. The number of allylic oxidation sites excluding steroid dienone is 1. The maximum Gasteiger partial charge on any atom is 0.290 e. The minimum absolute atomic E-state index is 0.116. The molecule has 1 amide bonds. The fourth-order valence-corrected chi connectivity index (χ4v) is 3.64. The van der Waals surface area contributed by atoms with E-state index in [9.17, 15) is 4.79 Å². The number of nitrogens with two attached hydrogens (primary N) is 1. The van der Waals surface area contributed by atoms with Crippen LogP contribution in [0.5, 0.6) is 0 Å². The van der Waals surface area contributed by atoms with Gasteiger partial charge in [-0.05, 0) is 37.1 Å². The largest absolute Gasteiger partial charge is 0.464 e. The maximum atomic E-state index is 12.9. The Morgan fingerprint density at radius 2 is 1.97 bits per heavy atom. The summed E-state index contributed by atoms with van der Waals surface area (Å²) in [7, 11) is 0. The Kier molecular flexibility index (Phi) is 6.54. The first-order chi connectivity index (χ1) is 15.2. The van der Waals surface area contributed by atoms with Gasteiger partial charge in [-0.15, -0.1) is 0 Å². The fraction of sp³-hybridized carbons (Fsp3) is 0.292. The van der Waals surface area contributed by atoms with E-state index in [-0.39, 0.29) is 24.2 Å². The van der Waals surface area contributed by atoms with Crippen molar-refractivity contribution in [3.05, 3.63) is 72.2 Å². The smallest absolute Gasteiger partial charge is 0.290 e. The average Bonchev–Trinajstić information content (AvgIpc) is 3.22. The van der Waals surface area contributed by atoms with Crippen LogP contribution in [0.25, 0.3) is 11.0 Å². The summed E-state index contributed by atoms with van der Waals surface area (Å²) in [5.74, 6) is -0.328. The molecular weight excluding hydrogens is 396 g/mol. The van der Waals surface area contributed by atoms with Gasteiger partial charge < -0.3 is 30.0 Å². The number of carbonyl (C=O) groups excluding carboxylic acids is 1. The number of fused-ring (bicyclic) bond motifs is 1. The monoisotopic (exact) mass is 422 g/mol. The van der Waals surface area contributed by atoms with Crippen LogP contribution in [0.15, 0.2) is 71.0 Å². The Morgan fingerprint density at radius 1 is 1.16 bits per heavy atom. The standard InChI is InChI=1S/C24H26N2O5/c25-19-8-2-3-9-20(19)26-24(28)22-13-16(14-23(31-22)29-12-6-5-11-27)18-15-30-21-10-4-1-7-17(18)21/h1-4,7-10,13,15-16,23,27H,5-6,11-12,14,25H2,(H,26,28)/t16-,23+/m1/s1. The van der Waals surface area contributed by atoms with E-state index >= 15 is 0 Å². The SMILES string of the molecule is Nc1ccccc1NC(=O)C1=C[C@@H](c2coc3ccccc23)C[C@@H](OCCCCO)O1. The molecule has 0 saturated heterocycles. The van der Waals surface area contributed by atoms with E-state index in [0.29, 0.717) is 37.2 Å². The van der Waals surface area contributed by atoms with Gasteiger partial charge in [0.15, 0.2) is 5.76 Å². The average molecular weight is 422 g/mol. The van der Waals surface area contributed by atoms with E-state index in [1.165, 1.54) is 0 Å². The topological polar surface area (TPSA) is 107 Å². The highest BCUT2D eigenvalue weighted by atomic mass is 16.7. The lowest BCUT2D eigenvalue weighted by molar-refractivity contribution is -0.143. The number of amides is 1. The number of benzene rings is 2. The minimum Gasteiger partial charge on any atom is -0.464 e. The quantitative estimate of drug-likeness (QED) is 0.372. The molecule has 2 heterocycles. The number of rotatable bonds is 8. The van der Waals surface area contributed by atoms with Crippen molar-refractivity contribution in [2.75, 3.05) is 24.3 Å².